The number of nitrogens with zero attached hydrogens (tertiary/aromatic N) is 1. The van der Waals surface area contributed by atoms with Crippen LogP contribution in [0.4, 0.5) is 0 Å². The lowest BCUT2D eigenvalue weighted by Crippen LogP contribution is -2.34. The molecule has 0 aliphatic carbocycles. The first-order chi connectivity index (χ1) is 5.74. The number of hydrogen-bond acceptors (Lipinski definition) is 4. The van der Waals surface area contributed by atoms with Gasteiger partial charge in [-0.1, -0.05) is 0 Å². The normalized spacial score (nSPS) is 12.5. The summed E-state index contributed by atoms with van der Waals surface area (Å²) in [5.74, 6) is -0.218. The number of aliphatic hydroxyl groups excluding tert-OH is 1. The molecule has 2 N–H and O–H groups in total. The van der Waals surface area contributed by atoms with Gasteiger partial charge in [0.1, 0.15) is 0 Å². The Hall–Kier alpha value is -1.36. The minimum absolute atomic E-state index is 0.0973. The first kappa shape index (κ1) is 8.73. The lowest BCUT2D eigenvalue weighted by Gasteiger charge is -2.07. The van der Waals surface area contributed by atoms with Crippen molar-refractivity contribution in [3.05, 3.63) is 18.4 Å². The van der Waals surface area contributed by atoms with Gasteiger partial charge in [-0.2, -0.15) is 0 Å². The molecule has 1 rings (SSSR count). The lowest BCUT2D eigenvalue weighted by atomic mass is 10.3. The van der Waals surface area contributed by atoms with E-state index in [2.05, 4.69) is 10.3 Å². The first-order valence-electron chi connectivity index (χ1n) is 3.54. The van der Waals surface area contributed by atoms with Crippen molar-refractivity contribution in [3.8, 4) is 0 Å². The molecule has 0 spiro atoms. The lowest BCUT2D eigenvalue weighted by molar-refractivity contribution is 0.0894. The number of oxazole rings is 1. The zero-order valence-corrected chi connectivity index (χ0v) is 6.65. The van der Waals surface area contributed by atoms with Gasteiger partial charge in [0.15, 0.2) is 6.39 Å². The second-order valence-corrected chi connectivity index (χ2v) is 2.42. The maximum Gasteiger partial charge on any atom is 0.288 e. The van der Waals surface area contributed by atoms with Crippen LogP contribution in [0.5, 0.6) is 0 Å². The van der Waals surface area contributed by atoms with Gasteiger partial charge < -0.3 is 14.8 Å². The quantitative estimate of drug-likeness (QED) is 0.657. The van der Waals surface area contributed by atoms with E-state index in [1.54, 1.807) is 6.92 Å². The molecule has 0 saturated carbocycles. The third kappa shape index (κ3) is 2.06. The van der Waals surface area contributed by atoms with E-state index in [1.165, 1.54) is 12.6 Å². The molecule has 0 saturated heterocycles. The molecule has 1 aromatic rings. The van der Waals surface area contributed by atoms with E-state index in [9.17, 15) is 4.79 Å². The van der Waals surface area contributed by atoms with Crippen LogP contribution >= 0.6 is 0 Å². The van der Waals surface area contributed by atoms with Crippen LogP contribution in [0, 0.1) is 0 Å². The molecule has 5 nitrogen and oxygen atoms in total. The van der Waals surface area contributed by atoms with E-state index in [4.69, 9.17) is 9.52 Å². The molecule has 0 fully saturated rings. The molecule has 1 amide bonds. The van der Waals surface area contributed by atoms with Crippen molar-refractivity contribution in [1.29, 1.82) is 0 Å². The Labute approximate surface area is 69.4 Å². The third-order valence-electron chi connectivity index (χ3n) is 1.31. The second-order valence-electron chi connectivity index (χ2n) is 2.42. The van der Waals surface area contributed by atoms with Gasteiger partial charge in [0, 0.05) is 6.04 Å². The summed E-state index contributed by atoms with van der Waals surface area (Å²) in [6.45, 7) is 1.59. The molecule has 12 heavy (non-hydrogen) atoms. The van der Waals surface area contributed by atoms with Crippen molar-refractivity contribution in [2.24, 2.45) is 0 Å². The van der Waals surface area contributed by atoms with Crippen LogP contribution in [-0.4, -0.2) is 28.6 Å². The number of carbonyl (C=O) groups is 1. The van der Waals surface area contributed by atoms with Crippen LogP contribution in [0.1, 0.15) is 17.5 Å². The van der Waals surface area contributed by atoms with Crippen LogP contribution in [0.25, 0.3) is 0 Å². The number of carbonyl (C=O) groups excluding carboxylic acids is 1. The predicted octanol–water partition coefficient (Wildman–Crippen LogP) is -0.215. The molecule has 0 aliphatic heterocycles. The van der Waals surface area contributed by atoms with E-state index < -0.39 is 0 Å². The van der Waals surface area contributed by atoms with Gasteiger partial charge in [-0.15, -0.1) is 0 Å². The molecular formula is C7H10N2O3. The van der Waals surface area contributed by atoms with Crippen molar-refractivity contribution in [3.63, 3.8) is 0 Å². The van der Waals surface area contributed by atoms with Crippen molar-refractivity contribution in [2.45, 2.75) is 13.0 Å². The smallest absolute Gasteiger partial charge is 0.288 e. The summed E-state index contributed by atoms with van der Waals surface area (Å²) in [7, 11) is 0. The van der Waals surface area contributed by atoms with Gasteiger partial charge in [-0.25, -0.2) is 4.98 Å². The Kier molecular flexibility index (Phi) is 2.82. The van der Waals surface area contributed by atoms with Crippen LogP contribution < -0.4 is 5.32 Å². The van der Waals surface area contributed by atoms with E-state index >= 15 is 0 Å². The third-order valence-corrected chi connectivity index (χ3v) is 1.31. The van der Waals surface area contributed by atoms with E-state index in [0.717, 1.165) is 0 Å². The van der Waals surface area contributed by atoms with Gasteiger partial charge in [-0.05, 0) is 6.92 Å². The summed E-state index contributed by atoms with van der Waals surface area (Å²) >= 11 is 0. The fourth-order valence-electron chi connectivity index (χ4n) is 0.668. The molecule has 66 valence electrons. The minimum atomic E-state index is -0.367. The van der Waals surface area contributed by atoms with Gasteiger partial charge >= 0.3 is 0 Å². The molecule has 0 radical (unpaired) electrons. The van der Waals surface area contributed by atoms with Gasteiger partial charge in [-0.3, -0.25) is 4.79 Å². The zero-order valence-electron chi connectivity index (χ0n) is 6.65. The fourth-order valence-corrected chi connectivity index (χ4v) is 0.668. The SMILES string of the molecule is CC(CO)NC(=O)c1cnco1. The maximum atomic E-state index is 11.1. The van der Waals surface area contributed by atoms with Crippen molar-refractivity contribution in [2.75, 3.05) is 6.61 Å². The molecule has 1 aromatic heterocycles. The van der Waals surface area contributed by atoms with Crippen molar-refractivity contribution >= 4 is 5.91 Å². The van der Waals surface area contributed by atoms with Gasteiger partial charge in [0.2, 0.25) is 5.76 Å². The van der Waals surface area contributed by atoms with E-state index in [1.807, 2.05) is 0 Å². The van der Waals surface area contributed by atoms with E-state index in [0.29, 0.717) is 0 Å². The number of aromatic nitrogens is 1. The maximum absolute atomic E-state index is 11.1. The number of rotatable bonds is 3. The average molecular weight is 170 g/mol. The van der Waals surface area contributed by atoms with Crippen LogP contribution in [-0.2, 0) is 0 Å². The predicted molar refractivity (Wildman–Crippen MR) is 40.5 cm³/mol. The highest BCUT2D eigenvalue weighted by molar-refractivity contribution is 5.91. The molecule has 0 aliphatic rings. The van der Waals surface area contributed by atoms with Gasteiger partial charge in [0.05, 0.1) is 12.8 Å². The molecule has 1 atom stereocenters. The van der Waals surface area contributed by atoms with Crippen LogP contribution in [0.3, 0.4) is 0 Å². The molecular weight excluding hydrogens is 160 g/mol. The second kappa shape index (κ2) is 3.87. The van der Waals surface area contributed by atoms with Crippen LogP contribution in [0.2, 0.25) is 0 Å². The number of amides is 1. The Morgan fingerprint density at radius 1 is 1.92 bits per heavy atom. The Balaban J connectivity index is 2.50. The summed E-state index contributed by atoms with van der Waals surface area (Å²) < 4.78 is 4.74. The molecule has 1 heterocycles. The highest BCUT2D eigenvalue weighted by Gasteiger charge is 2.11. The topological polar surface area (TPSA) is 75.4 Å². The monoisotopic (exact) mass is 170 g/mol. The Morgan fingerprint density at radius 3 is 3.17 bits per heavy atom. The summed E-state index contributed by atoms with van der Waals surface area (Å²) in [5.41, 5.74) is 0. The Morgan fingerprint density at radius 2 is 2.67 bits per heavy atom. The fraction of sp³-hybridized carbons (Fsp3) is 0.429. The molecule has 0 bridgehead atoms. The average Bonchev–Trinajstić information content (AvgIpc) is 2.56. The van der Waals surface area contributed by atoms with Crippen molar-refractivity contribution < 1.29 is 14.3 Å². The first-order valence-corrected chi connectivity index (χ1v) is 3.54. The summed E-state index contributed by atoms with van der Waals surface area (Å²) in [6.07, 6.45) is 2.50. The summed E-state index contributed by atoms with van der Waals surface area (Å²) in [4.78, 5) is 14.7. The number of aliphatic hydroxyl groups is 1. The largest absolute Gasteiger partial charge is 0.438 e. The summed E-state index contributed by atoms with van der Waals surface area (Å²) in [6, 6.07) is -0.275. The standard InChI is InChI=1S/C7H10N2O3/c1-5(3-10)9-7(11)6-2-8-4-12-6/h2,4-5,10H,3H2,1H3,(H,9,11). The Bertz CT molecular complexity index is 245. The number of nitrogens with one attached hydrogen (secondary N) is 1. The van der Waals surface area contributed by atoms with Crippen LogP contribution in [0.15, 0.2) is 17.0 Å². The van der Waals surface area contributed by atoms with Gasteiger partial charge in [0.25, 0.3) is 5.91 Å². The highest BCUT2D eigenvalue weighted by Crippen LogP contribution is 1.96. The van der Waals surface area contributed by atoms with Crippen molar-refractivity contribution in [1.82, 2.24) is 10.3 Å². The zero-order chi connectivity index (χ0) is 8.97. The minimum Gasteiger partial charge on any atom is -0.438 e. The summed E-state index contributed by atoms with van der Waals surface area (Å²) in [5, 5.41) is 11.1. The molecule has 1 unspecified atom stereocenters. The molecule has 5 heteroatoms. The molecule has 0 aromatic carbocycles. The highest BCUT2D eigenvalue weighted by atomic mass is 16.3. The number of hydrogen-bond donors (Lipinski definition) is 2. The van der Waals surface area contributed by atoms with E-state index in [-0.39, 0.29) is 24.3 Å².